The monoisotopic (exact) mass is 346 g/mol. The van der Waals surface area contributed by atoms with Gasteiger partial charge in [-0.1, -0.05) is 28.1 Å². The number of fused-ring (bicyclic) bond motifs is 1. The molecule has 0 aliphatic carbocycles. The van der Waals surface area contributed by atoms with Gasteiger partial charge < -0.3 is 4.74 Å². The Kier molecular flexibility index (Phi) is 3.59. The Bertz CT molecular complexity index is 775. The standard InChI is InChI=1S/C16H11BrO2S/c1-19-12-6-7-13-14(8-12)20-15(9-18)16(13)10-2-4-11(17)5-3-10/h2-9H,1H3. The molecule has 100 valence electrons. The van der Waals surface area contributed by atoms with Crippen molar-refractivity contribution >= 4 is 43.6 Å². The van der Waals surface area contributed by atoms with Gasteiger partial charge in [0.25, 0.3) is 0 Å². The van der Waals surface area contributed by atoms with Crippen LogP contribution in [0.5, 0.6) is 5.75 Å². The predicted octanol–water partition coefficient (Wildman–Crippen LogP) is 5.15. The second kappa shape index (κ2) is 5.38. The minimum Gasteiger partial charge on any atom is -0.497 e. The van der Waals surface area contributed by atoms with Crippen LogP contribution in [-0.2, 0) is 0 Å². The molecule has 0 saturated heterocycles. The van der Waals surface area contributed by atoms with Crippen molar-refractivity contribution in [3.05, 3.63) is 51.8 Å². The van der Waals surface area contributed by atoms with Crippen LogP contribution in [0.25, 0.3) is 21.2 Å². The van der Waals surface area contributed by atoms with Crippen molar-refractivity contribution in [1.29, 1.82) is 0 Å². The number of aldehydes is 1. The van der Waals surface area contributed by atoms with Crippen LogP contribution in [0.4, 0.5) is 0 Å². The van der Waals surface area contributed by atoms with Crippen molar-refractivity contribution in [3.8, 4) is 16.9 Å². The summed E-state index contributed by atoms with van der Waals surface area (Å²) in [5, 5.41) is 1.08. The molecule has 0 radical (unpaired) electrons. The number of carbonyl (C=O) groups excluding carboxylic acids is 1. The van der Waals surface area contributed by atoms with E-state index in [1.54, 1.807) is 7.11 Å². The molecule has 2 aromatic carbocycles. The van der Waals surface area contributed by atoms with Crippen LogP contribution in [0.1, 0.15) is 9.67 Å². The number of rotatable bonds is 3. The molecule has 0 fully saturated rings. The number of thiophene rings is 1. The van der Waals surface area contributed by atoms with Crippen LogP contribution >= 0.6 is 27.3 Å². The summed E-state index contributed by atoms with van der Waals surface area (Å²) in [4.78, 5) is 12.1. The van der Waals surface area contributed by atoms with Gasteiger partial charge in [0.2, 0.25) is 0 Å². The lowest BCUT2D eigenvalue weighted by Gasteiger charge is -2.03. The Hall–Kier alpha value is -1.65. The van der Waals surface area contributed by atoms with Crippen molar-refractivity contribution in [2.45, 2.75) is 0 Å². The molecule has 0 aliphatic heterocycles. The summed E-state index contributed by atoms with van der Waals surface area (Å²) < 4.78 is 7.32. The average molecular weight is 347 g/mol. The Morgan fingerprint density at radius 3 is 2.55 bits per heavy atom. The highest BCUT2D eigenvalue weighted by atomic mass is 79.9. The Morgan fingerprint density at radius 1 is 1.15 bits per heavy atom. The van der Waals surface area contributed by atoms with Gasteiger partial charge in [-0.15, -0.1) is 11.3 Å². The van der Waals surface area contributed by atoms with Gasteiger partial charge in [-0.05, 0) is 35.9 Å². The van der Waals surface area contributed by atoms with Gasteiger partial charge in [0.1, 0.15) is 5.75 Å². The lowest BCUT2D eigenvalue weighted by Crippen LogP contribution is -1.83. The van der Waals surface area contributed by atoms with Gasteiger partial charge in [0, 0.05) is 20.1 Å². The van der Waals surface area contributed by atoms with E-state index < -0.39 is 0 Å². The van der Waals surface area contributed by atoms with E-state index >= 15 is 0 Å². The minimum atomic E-state index is 0.746. The first-order valence-electron chi connectivity index (χ1n) is 6.04. The number of carbonyl (C=O) groups is 1. The van der Waals surface area contributed by atoms with E-state index in [1.165, 1.54) is 11.3 Å². The molecule has 3 aromatic rings. The SMILES string of the molecule is COc1ccc2c(-c3ccc(Br)cc3)c(C=O)sc2c1. The first-order chi connectivity index (χ1) is 9.72. The number of benzene rings is 2. The van der Waals surface area contributed by atoms with Crippen LogP contribution in [0.15, 0.2) is 46.9 Å². The smallest absolute Gasteiger partial charge is 0.160 e. The largest absolute Gasteiger partial charge is 0.497 e. The van der Waals surface area contributed by atoms with Gasteiger partial charge in [-0.2, -0.15) is 0 Å². The summed E-state index contributed by atoms with van der Waals surface area (Å²) in [5.74, 6) is 0.804. The van der Waals surface area contributed by atoms with Crippen molar-refractivity contribution in [1.82, 2.24) is 0 Å². The van der Waals surface area contributed by atoms with Gasteiger partial charge in [0.15, 0.2) is 6.29 Å². The summed E-state index contributed by atoms with van der Waals surface area (Å²) in [7, 11) is 1.64. The summed E-state index contributed by atoms with van der Waals surface area (Å²) >= 11 is 4.92. The normalized spacial score (nSPS) is 10.7. The molecule has 0 spiro atoms. The first kappa shape index (κ1) is 13.3. The number of hydrogen-bond donors (Lipinski definition) is 0. The average Bonchev–Trinajstić information content (AvgIpc) is 2.85. The van der Waals surface area contributed by atoms with Crippen LogP contribution in [0, 0.1) is 0 Å². The zero-order chi connectivity index (χ0) is 14.1. The second-order valence-electron chi connectivity index (χ2n) is 4.33. The molecule has 1 heterocycles. The molecule has 20 heavy (non-hydrogen) atoms. The third-order valence-corrected chi connectivity index (χ3v) is 4.77. The van der Waals surface area contributed by atoms with E-state index in [0.717, 1.165) is 42.6 Å². The summed E-state index contributed by atoms with van der Waals surface area (Å²) in [6.07, 6.45) is 0.925. The van der Waals surface area contributed by atoms with E-state index in [4.69, 9.17) is 4.74 Å². The first-order valence-corrected chi connectivity index (χ1v) is 7.65. The van der Waals surface area contributed by atoms with Crippen molar-refractivity contribution < 1.29 is 9.53 Å². The van der Waals surface area contributed by atoms with Gasteiger partial charge in [-0.3, -0.25) is 4.79 Å². The third kappa shape index (κ3) is 2.25. The lowest BCUT2D eigenvalue weighted by atomic mass is 10.0. The Labute approximate surface area is 129 Å². The van der Waals surface area contributed by atoms with Crippen LogP contribution in [0.2, 0.25) is 0 Å². The fourth-order valence-corrected chi connectivity index (χ4v) is 3.55. The highest BCUT2D eigenvalue weighted by Crippen LogP contribution is 2.39. The van der Waals surface area contributed by atoms with Crippen molar-refractivity contribution in [2.24, 2.45) is 0 Å². The maximum Gasteiger partial charge on any atom is 0.160 e. The van der Waals surface area contributed by atoms with Crippen LogP contribution in [-0.4, -0.2) is 13.4 Å². The molecule has 3 rings (SSSR count). The molecule has 0 bridgehead atoms. The molecule has 0 unspecified atom stereocenters. The zero-order valence-corrected chi connectivity index (χ0v) is 13.1. The molecule has 1 aromatic heterocycles. The molecule has 0 atom stereocenters. The molecule has 0 aliphatic rings. The van der Waals surface area contributed by atoms with E-state index in [-0.39, 0.29) is 0 Å². The Morgan fingerprint density at radius 2 is 1.90 bits per heavy atom. The second-order valence-corrected chi connectivity index (χ2v) is 6.33. The van der Waals surface area contributed by atoms with Gasteiger partial charge in [0.05, 0.1) is 12.0 Å². The van der Waals surface area contributed by atoms with Gasteiger partial charge in [-0.25, -0.2) is 0 Å². The summed E-state index contributed by atoms with van der Waals surface area (Å²) in [6, 6.07) is 13.9. The zero-order valence-electron chi connectivity index (χ0n) is 10.7. The molecule has 0 amide bonds. The maximum atomic E-state index is 11.4. The molecular formula is C16H11BrO2S. The number of methoxy groups -OCH3 is 1. The number of hydrogen-bond acceptors (Lipinski definition) is 3. The minimum absolute atomic E-state index is 0.746. The number of halogens is 1. The molecule has 4 heteroatoms. The molecule has 0 saturated carbocycles. The molecule has 2 nitrogen and oxygen atoms in total. The maximum absolute atomic E-state index is 11.4. The molecular weight excluding hydrogens is 336 g/mol. The van der Waals surface area contributed by atoms with Crippen LogP contribution in [0.3, 0.4) is 0 Å². The van der Waals surface area contributed by atoms with Crippen LogP contribution < -0.4 is 4.74 Å². The number of ether oxygens (including phenoxy) is 1. The third-order valence-electron chi connectivity index (χ3n) is 3.16. The fraction of sp³-hybridized carbons (Fsp3) is 0.0625. The topological polar surface area (TPSA) is 26.3 Å². The quantitative estimate of drug-likeness (QED) is 0.613. The summed E-state index contributed by atoms with van der Waals surface area (Å²) in [5.41, 5.74) is 2.04. The molecule has 0 N–H and O–H groups in total. The Balaban J connectivity index is 2.27. The van der Waals surface area contributed by atoms with E-state index in [1.807, 2.05) is 42.5 Å². The predicted molar refractivity (Wildman–Crippen MR) is 86.9 cm³/mol. The van der Waals surface area contributed by atoms with Crippen molar-refractivity contribution in [2.75, 3.05) is 7.11 Å². The lowest BCUT2D eigenvalue weighted by molar-refractivity contribution is 0.112. The highest BCUT2D eigenvalue weighted by molar-refractivity contribution is 9.10. The van der Waals surface area contributed by atoms with E-state index in [0.29, 0.717) is 0 Å². The summed E-state index contributed by atoms with van der Waals surface area (Å²) in [6.45, 7) is 0. The van der Waals surface area contributed by atoms with E-state index in [2.05, 4.69) is 15.9 Å². The van der Waals surface area contributed by atoms with Crippen molar-refractivity contribution in [3.63, 3.8) is 0 Å². The van der Waals surface area contributed by atoms with Gasteiger partial charge >= 0.3 is 0 Å². The highest BCUT2D eigenvalue weighted by Gasteiger charge is 2.14. The fourth-order valence-electron chi connectivity index (χ4n) is 2.22. The van der Waals surface area contributed by atoms with E-state index in [9.17, 15) is 4.79 Å².